The Hall–Kier alpha value is -1.91. The number of aryl methyl sites for hydroxylation is 2. The van der Waals surface area contributed by atoms with E-state index in [2.05, 4.69) is 20.1 Å². The molecule has 1 aromatic heterocycles. The molecule has 2 rings (SSSR count). The van der Waals surface area contributed by atoms with Gasteiger partial charge < -0.3 is 15.0 Å². The van der Waals surface area contributed by atoms with Gasteiger partial charge in [0.05, 0.1) is 6.20 Å². The van der Waals surface area contributed by atoms with Crippen LogP contribution in [-0.2, 0) is 20.0 Å². The highest BCUT2D eigenvalue weighted by atomic mass is 127. The normalized spacial score (nSPS) is 11.3. The molecular formula is C19H28F2IN5O. The Morgan fingerprint density at radius 3 is 2.57 bits per heavy atom. The Morgan fingerprint density at radius 1 is 1.29 bits per heavy atom. The summed E-state index contributed by atoms with van der Waals surface area (Å²) in [4.78, 5) is 6.68. The molecule has 0 amide bonds. The second-order valence-corrected chi connectivity index (χ2v) is 6.24. The van der Waals surface area contributed by atoms with E-state index >= 15 is 0 Å². The molecule has 0 bridgehead atoms. The van der Waals surface area contributed by atoms with Crippen molar-refractivity contribution in [2.24, 2.45) is 12.0 Å². The topological polar surface area (TPSA) is 54.7 Å². The number of aliphatic imine (C=N–C) groups is 1. The third kappa shape index (κ3) is 8.41. The first-order valence-corrected chi connectivity index (χ1v) is 8.98. The number of hydrogen-bond acceptors (Lipinski definition) is 3. The van der Waals surface area contributed by atoms with Crippen LogP contribution >= 0.6 is 24.0 Å². The van der Waals surface area contributed by atoms with Crippen LogP contribution in [0.5, 0.6) is 5.75 Å². The van der Waals surface area contributed by atoms with E-state index in [-0.39, 0.29) is 29.7 Å². The summed E-state index contributed by atoms with van der Waals surface area (Å²) in [5.74, 6) is 0.976. The highest BCUT2D eigenvalue weighted by molar-refractivity contribution is 14.0. The van der Waals surface area contributed by atoms with Gasteiger partial charge in [0.1, 0.15) is 5.75 Å². The average Bonchev–Trinajstić information content (AvgIpc) is 3.04. The minimum Gasteiger partial charge on any atom is -0.435 e. The van der Waals surface area contributed by atoms with Gasteiger partial charge in [0.2, 0.25) is 0 Å². The molecule has 156 valence electrons. The van der Waals surface area contributed by atoms with Crippen molar-refractivity contribution in [2.75, 3.05) is 20.1 Å². The van der Waals surface area contributed by atoms with Crippen molar-refractivity contribution in [3.63, 3.8) is 0 Å². The number of nitrogens with one attached hydrogen (secondary N) is 1. The summed E-state index contributed by atoms with van der Waals surface area (Å²) in [6.07, 6.45) is 5.77. The Morgan fingerprint density at radius 2 is 2.00 bits per heavy atom. The van der Waals surface area contributed by atoms with Crippen LogP contribution in [0.15, 0.2) is 41.7 Å². The maximum atomic E-state index is 12.2. The number of benzene rings is 1. The lowest BCUT2D eigenvalue weighted by Crippen LogP contribution is -2.38. The summed E-state index contributed by atoms with van der Waals surface area (Å²) in [5.41, 5.74) is 2.19. The zero-order chi connectivity index (χ0) is 19.6. The van der Waals surface area contributed by atoms with Gasteiger partial charge in [-0.3, -0.25) is 9.67 Å². The number of ether oxygens (including phenoxy) is 1. The minimum absolute atomic E-state index is 0. The number of halogens is 3. The minimum atomic E-state index is -2.81. The fourth-order valence-electron chi connectivity index (χ4n) is 2.66. The van der Waals surface area contributed by atoms with Crippen molar-refractivity contribution in [3.05, 3.63) is 47.8 Å². The molecule has 0 saturated carbocycles. The summed E-state index contributed by atoms with van der Waals surface area (Å²) in [6.45, 7) is 1.31. The molecule has 1 heterocycles. The van der Waals surface area contributed by atoms with Crippen LogP contribution in [0.25, 0.3) is 0 Å². The molecule has 0 aliphatic rings. The second kappa shape index (κ2) is 12.5. The molecule has 0 aliphatic heterocycles. The van der Waals surface area contributed by atoms with Gasteiger partial charge in [-0.1, -0.05) is 12.1 Å². The molecule has 0 saturated heterocycles. The van der Waals surface area contributed by atoms with Crippen LogP contribution in [-0.4, -0.2) is 47.4 Å². The van der Waals surface area contributed by atoms with Crippen molar-refractivity contribution in [1.82, 2.24) is 20.0 Å². The molecule has 1 aromatic carbocycles. The van der Waals surface area contributed by atoms with Gasteiger partial charge in [0.15, 0.2) is 5.96 Å². The van der Waals surface area contributed by atoms with Crippen molar-refractivity contribution < 1.29 is 13.5 Å². The summed E-state index contributed by atoms with van der Waals surface area (Å²) < 4.78 is 30.6. The second-order valence-electron chi connectivity index (χ2n) is 6.24. The summed E-state index contributed by atoms with van der Waals surface area (Å²) in [6, 6.07) is 6.65. The number of nitrogens with zero attached hydrogens (tertiary/aromatic N) is 4. The van der Waals surface area contributed by atoms with E-state index in [4.69, 9.17) is 0 Å². The lowest BCUT2D eigenvalue weighted by atomic mass is 10.2. The first kappa shape index (κ1) is 24.1. The first-order valence-electron chi connectivity index (χ1n) is 8.98. The Labute approximate surface area is 182 Å². The van der Waals surface area contributed by atoms with Crippen LogP contribution in [0.1, 0.15) is 24.5 Å². The van der Waals surface area contributed by atoms with E-state index in [1.807, 2.05) is 38.3 Å². The molecule has 1 N–H and O–H groups in total. The highest BCUT2D eigenvalue weighted by Crippen LogP contribution is 2.15. The first-order chi connectivity index (χ1) is 13.0. The molecule has 0 fully saturated rings. The molecule has 0 atom stereocenters. The standard InChI is InChI=1S/C19H27F2N5O.HI/c1-4-22-19(23-11-5-6-16-12-24-26(3)14-16)25(2)13-15-7-9-17(10-8-15)27-18(20)21;/h7-10,12,14,18H,4-6,11,13H2,1-3H3,(H,22,23);1H. The Balaban J connectivity index is 0.00000392. The molecular weight excluding hydrogens is 479 g/mol. The molecule has 0 radical (unpaired) electrons. The quantitative estimate of drug-likeness (QED) is 0.244. The number of aromatic nitrogens is 2. The third-order valence-electron chi connectivity index (χ3n) is 3.91. The largest absolute Gasteiger partial charge is 0.435 e. The van der Waals surface area contributed by atoms with Gasteiger partial charge in [0.25, 0.3) is 0 Å². The molecule has 2 aromatic rings. The van der Waals surface area contributed by atoms with E-state index in [0.717, 1.165) is 30.9 Å². The van der Waals surface area contributed by atoms with Gasteiger partial charge in [-0.25, -0.2) is 0 Å². The number of rotatable bonds is 9. The maximum Gasteiger partial charge on any atom is 0.387 e. The van der Waals surface area contributed by atoms with Crippen molar-refractivity contribution in [3.8, 4) is 5.75 Å². The SMILES string of the molecule is CCNC(=NCCCc1cnn(C)c1)N(C)Cc1ccc(OC(F)F)cc1.I. The smallest absolute Gasteiger partial charge is 0.387 e. The monoisotopic (exact) mass is 507 g/mol. The van der Waals surface area contributed by atoms with Crippen LogP contribution in [0.2, 0.25) is 0 Å². The van der Waals surface area contributed by atoms with Gasteiger partial charge in [-0.05, 0) is 43.0 Å². The van der Waals surface area contributed by atoms with Crippen LogP contribution < -0.4 is 10.1 Å². The zero-order valence-corrected chi connectivity index (χ0v) is 18.8. The summed E-state index contributed by atoms with van der Waals surface area (Å²) in [5, 5.41) is 7.45. The Kier molecular flexibility index (Phi) is 10.8. The lowest BCUT2D eigenvalue weighted by Gasteiger charge is -2.22. The summed E-state index contributed by atoms with van der Waals surface area (Å²) >= 11 is 0. The fraction of sp³-hybridized carbons (Fsp3) is 0.474. The van der Waals surface area contributed by atoms with Crippen LogP contribution in [0.3, 0.4) is 0 Å². The molecule has 28 heavy (non-hydrogen) atoms. The maximum absolute atomic E-state index is 12.2. The van der Waals surface area contributed by atoms with Crippen LogP contribution in [0.4, 0.5) is 8.78 Å². The lowest BCUT2D eigenvalue weighted by molar-refractivity contribution is -0.0498. The van der Waals surface area contributed by atoms with Gasteiger partial charge in [-0.15, -0.1) is 24.0 Å². The summed E-state index contributed by atoms with van der Waals surface area (Å²) in [7, 11) is 3.86. The zero-order valence-electron chi connectivity index (χ0n) is 16.4. The van der Waals surface area contributed by atoms with E-state index in [1.165, 1.54) is 5.56 Å². The molecule has 0 aliphatic carbocycles. The molecule has 6 nitrogen and oxygen atoms in total. The third-order valence-corrected chi connectivity index (χ3v) is 3.91. The van der Waals surface area contributed by atoms with Crippen molar-refractivity contribution >= 4 is 29.9 Å². The molecule has 0 spiro atoms. The fourth-order valence-corrected chi connectivity index (χ4v) is 2.66. The van der Waals surface area contributed by atoms with E-state index in [1.54, 1.807) is 28.9 Å². The van der Waals surface area contributed by atoms with Crippen molar-refractivity contribution in [1.29, 1.82) is 0 Å². The number of alkyl halides is 2. The van der Waals surface area contributed by atoms with E-state index in [9.17, 15) is 8.78 Å². The van der Waals surface area contributed by atoms with E-state index in [0.29, 0.717) is 13.1 Å². The van der Waals surface area contributed by atoms with Crippen LogP contribution in [0, 0.1) is 0 Å². The van der Waals surface area contributed by atoms with E-state index < -0.39 is 6.61 Å². The predicted molar refractivity (Wildman–Crippen MR) is 117 cm³/mol. The predicted octanol–water partition coefficient (Wildman–Crippen LogP) is 3.67. The Bertz CT molecular complexity index is 721. The molecule has 9 heteroatoms. The average molecular weight is 507 g/mol. The number of hydrogen-bond donors (Lipinski definition) is 1. The van der Waals surface area contributed by atoms with Crippen molar-refractivity contribution in [2.45, 2.75) is 32.9 Å². The van der Waals surface area contributed by atoms with Gasteiger partial charge >= 0.3 is 6.61 Å². The van der Waals surface area contributed by atoms with Gasteiger partial charge in [-0.2, -0.15) is 13.9 Å². The highest BCUT2D eigenvalue weighted by Gasteiger charge is 2.08. The number of guanidine groups is 1. The van der Waals surface area contributed by atoms with Gasteiger partial charge in [0, 0.05) is 39.9 Å². The molecule has 0 unspecified atom stereocenters.